The molecule has 1 N–H and O–H groups in total. The second kappa shape index (κ2) is 7.00. The van der Waals surface area contributed by atoms with Crippen LogP contribution >= 0.6 is 0 Å². The number of aromatic nitrogens is 2. The van der Waals surface area contributed by atoms with Gasteiger partial charge in [0.15, 0.2) is 0 Å². The summed E-state index contributed by atoms with van der Waals surface area (Å²) in [4.78, 5) is 8.62. The largest absolute Gasteiger partial charge is 0.310 e. The Kier molecular flexibility index (Phi) is 5.04. The van der Waals surface area contributed by atoms with Crippen LogP contribution in [-0.2, 0) is 12.8 Å². The Morgan fingerprint density at radius 2 is 1.89 bits per heavy atom. The predicted octanol–water partition coefficient (Wildman–Crippen LogP) is 2.93. The normalized spacial score (nSPS) is 12.3. The summed E-state index contributed by atoms with van der Waals surface area (Å²) in [6, 6.07) is 8.72. The molecule has 2 aromatic rings. The van der Waals surface area contributed by atoms with E-state index in [1.54, 1.807) is 0 Å². The van der Waals surface area contributed by atoms with Gasteiger partial charge in [-0.25, -0.2) is 0 Å². The molecule has 0 spiro atoms. The van der Waals surface area contributed by atoms with E-state index in [9.17, 15) is 0 Å². The molecule has 0 saturated carbocycles. The number of nitrogens with zero attached hydrogens (tertiary/aromatic N) is 2. The van der Waals surface area contributed by atoms with E-state index in [4.69, 9.17) is 0 Å². The number of aryl methyl sites for hydroxylation is 1. The molecule has 0 aliphatic carbocycles. The lowest BCUT2D eigenvalue weighted by Crippen LogP contribution is -2.23. The Morgan fingerprint density at radius 3 is 2.47 bits per heavy atom. The Bertz CT molecular complexity index is 479. The number of hydrogen-bond donors (Lipinski definition) is 1. The van der Waals surface area contributed by atoms with Crippen molar-refractivity contribution >= 4 is 0 Å². The van der Waals surface area contributed by atoms with Gasteiger partial charge in [-0.15, -0.1) is 0 Å². The van der Waals surface area contributed by atoms with Crippen LogP contribution in [0.25, 0.3) is 0 Å². The number of rotatable bonds is 6. The molecular formula is C16H21N3. The summed E-state index contributed by atoms with van der Waals surface area (Å²) in [5.41, 5.74) is 3.67. The van der Waals surface area contributed by atoms with Gasteiger partial charge in [-0.05, 0) is 42.3 Å². The monoisotopic (exact) mass is 255 g/mol. The summed E-state index contributed by atoms with van der Waals surface area (Å²) in [5, 5.41) is 3.51. The summed E-state index contributed by atoms with van der Waals surface area (Å²) < 4.78 is 0. The van der Waals surface area contributed by atoms with Crippen LogP contribution in [0.4, 0.5) is 0 Å². The number of hydrogen-bond acceptors (Lipinski definition) is 3. The third kappa shape index (κ3) is 3.86. The van der Waals surface area contributed by atoms with Crippen molar-refractivity contribution in [3.8, 4) is 0 Å². The first-order valence-electron chi connectivity index (χ1n) is 6.90. The molecule has 0 aromatic carbocycles. The molecule has 0 aliphatic heterocycles. The van der Waals surface area contributed by atoms with Gasteiger partial charge in [0.1, 0.15) is 0 Å². The molecule has 0 bridgehead atoms. The number of likely N-dealkylation sites (N-methyl/N-ethyl adjacent to an activating group) is 1. The second-order valence-electron chi connectivity index (χ2n) is 4.61. The zero-order chi connectivity index (χ0) is 13.5. The van der Waals surface area contributed by atoms with E-state index in [2.05, 4.69) is 53.4 Å². The Hall–Kier alpha value is -1.74. The van der Waals surface area contributed by atoms with E-state index < -0.39 is 0 Å². The van der Waals surface area contributed by atoms with Gasteiger partial charge in [0, 0.05) is 36.7 Å². The highest BCUT2D eigenvalue weighted by Crippen LogP contribution is 2.16. The highest BCUT2D eigenvalue weighted by molar-refractivity contribution is 5.20. The lowest BCUT2D eigenvalue weighted by Gasteiger charge is -2.17. The van der Waals surface area contributed by atoms with E-state index in [0.717, 1.165) is 25.1 Å². The summed E-state index contributed by atoms with van der Waals surface area (Å²) in [5.74, 6) is 0. The maximum atomic E-state index is 4.54. The Labute approximate surface area is 115 Å². The van der Waals surface area contributed by atoms with E-state index >= 15 is 0 Å². The standard InChI is InChI=1S/C16H21N3/c1-3-13-5-6-15(19-12-13)11-16(18-4-2)14-7-9-17-10-8-14/h5-10,12,16,18H,3-4,11H2,1-2H3. The van der Waals surface area contributed by atoms with Gasteiger partial charge in [0.2, 0.25) is 0 Å². The molecule has 2 heterocycles. The summed E-state index contributed by atoms with van der Waals surface area (Å²) in [7, 11) is 0. The van der Waals surface area contributed by atoms with Gasteiger partial charge in [-0.2, -0.15) is 0 Å². The molecule has 0 radical (unpaired) electrons. The zero-order valence-electron chi connectivity index (χ0n) is 11.6. The fraction of sp³-hybridized carbons (Fsp3) is 0.375. The van der Waals surface area contributed by atoms with Gasteiger partial charge in [0.05, 0.1) is 0 Å². The van der Waals surface area contributed by atoms with E-state index in [1.807, 2.05) is 18.6 Å². The van der Waals surface area contributed by atoms with Gasteiger partial charge in [-0.1, -0.05) is 19.9 Å². The Balaban J connectivity index is 2.11. The summed E-state index contributed by atoms with van der Waals surface area (Å²) in [6.07, 6.45) is 7.60. The topological polar surface area (TPSA) is 37.8 Å². The van der Waals surface area contributed by atoms with E-state index in [0.29, 0.717) is 6.04 Å². The fourth-order valence-electron chi connectivity index (χ4n) is 2.14. The molecule has 2 aromatic heterocycles. The lowest BCUT2D eigenvalue weighted by molar-refractivity contribution is 0.543. The van der Waals surface area contributed by atoms with Crippen LogP contribution in [0.5, 0.6) is 0 Å². The molecular weight excluding hydrogens is 234 g/mol. The highest BCUT2D eigenvalue weighted by atomic mass is 14.9. The summed E-state index contributed by atoms with van der Waals surface area (Å²) >= 11 is 0. The first-order valence-corrected chi connectivity index (χ1v) is 6.90. The van der Waals surface area contributed by atoms with Crippen LogP contribution in [0.1, 0.15) is 36.7 Å². The minimum Gasteiger partial charge on any atom is -0.310 e. The van der Waals surface area contributed by atoms with Crippen molar-refractivity contribution in [1.82, 2.24) is 15.3 Å². The molecule has 0 saturated heterocycles. The van der Waals surface area contributed by atoms with E-state index in [-0.39, 0.29) is 0 Å². The van der Waals surface area contributed by atoms with Crippen LogP contribution < -0.4 is 5.32 Å². The molecule has 0 amide bonds. The quantitative estimate of drug-likeness (QED) is 0.862. The smallest absolute Gasteiger partial charge is 0.0422 e. The van der Waals surface area contributed by atoms with Crippen LogP contribution in [0.3, 0.4) is 0 Å². The maximum Gasteiger partial charge on any atom is 0.0422 e. The number of nitrogens with one attached hydrogen (secondary N) is 1. The minimum atomic E-state index is 0.299. The van der Waals surface area contributed by atoms with E-state index in [1.165, 1.54) is 11.1 Å². The average molecular weight is 255 g/mol. The maximum absolute atomic E-state index is 4.54. The molecule has 0 fully saturated rings. The number of pyridine rings is 2. The summed E-state index contributed by atoms with van der Waals surface area (Å²) in [6.45, 7) is 5.22. The molecule has 2 rings (SSSR count). The van der Waals surface area contributed by atoms with Crippen molar-refractivity contribution < 1.29 is 0 Å². The first-order chi connectivity index (χ1) is 9.33. The van der Waals surface area contributed by atoms with Crippen LogP contribution in [-0.4, -0.2) is 16.5 Å². The molecule has 1 atom stereocenters. The minimum absolute atomic E-state index is 0.299. The van der Waals surface area contributed by atoms with Gasteiger partial charge < -0.3 is 5.32 Å². The van der Waals surface area contributed by atoms with Crippen molar-refractivity contribution in [1.29, 1.82) is 0 Å². The van der Waals surface area contributed by atoms with Crippen LogP contribution in [0.15, 0.2) is 42.9 Å². The average Bonchev–Trinajstić information content (AvgIpc) is 2.48. The molecule has 3 heteroatoms. The van der Waals surface area contributed by atoms with Gasteiger partial charge in [-0.3, -0.25) is 9.97 Å². The molecule has 19 heavy (non-hydrogen) atoms. The lowest BCUT2D eigenvalue weighted by atomic mass is 10.0. The third-order valence-electron chi connectivity index (χ3n) is 3.27. The van der Waals surface area contributed by atoms with Crippen molar-refractivity contribution in [3.05, 3.63) is 59.7 Å². The SMILES string of the molecule is CCNC(Cc1ccc(CC)cn1)c1ccncc1. The van der Waals surface area contributed by atoms with Crippen molar-refractivity contribution in [2.75, 3.05) is 6.54 Å². The van der Waals surface area contributed by atoms with Gasteiger partial charge in [0.25, 0.3) is 0 Å². The third-order valence-corrected chi connectivity index (χ3v) is 3.27. The highest BCUT2D eigenvalue weighted by Gasteiger charge is 2.11. The zero-order valence-corrected chi connectivity index (χ0v) is 11.6. The van der Waals surface area contributed by atoms with Crippen LogP contribution in [0, 0.1) is 0 Å². The van der Waals surface area contributed by atoms with Gasteiger partial charge >= 0.3 is 0 Å². The van der Waals surface area contributed by atoms with Crippen molar-refractivity contribution in [3.63, 3.8) is 0 Å². The second-order valence-corrected chi connectivity index (χ2v) is 4.61. The Morgan fingerprint density at radius 1 is 1.11 bits per heavy atom. The fourth-order valence-corrected chi connectivity index (χ4v) is 2.14. The molecule has 1 unspecified atom stereocenters. The van der Waals surface area contributed by atoms with Crippen molar-refractivity contribution in [2.45, 2.75) is 32.7 Å². The molecule has 100 valence electrons. The predicted molar refractivity (Wildman–Crippen MR) is 78.0 cm³/mol. The van der Waals surface area contributed by atoms with Crippen molar-refractivity contribution in [2.24, 2.45) is 0 Å². The van der Waals surface area contributed by atoms with Crippen LogP contribution in [0.2, 0.25) is 0 Å². The first kappa shape index (κ1) is 13.7. The molecule has 0 aliphatic rings. The molecule has 3 nitrogen and oxygen atoms in total.